The summed E-state index contributed by atoms with van der Waals surface area (Å²) in [6, 6.07) is 4.04. The van der Waals surface area contributed by atoms with Gasteiger partial charge in [-0.3, -0.25) is 14.9 Å². The minimum atomic E-state index is -0.533. The first-order valence-electron chi connectivity index (χ1n) is 6.65. The Kier molecular flexibility index (Phi) is 4.28. The molecule has 5 nitrogen and oxygen atoms in total. The molecule has 108 valence electrons. The molecule has 0 bridgehead atoms. The van der Waals surface area contributed by atoms with Crippen molar-refractivity contribution in [2.24, 2.45) is 11.8 Å². The van der Waals surface area contributed by atoms with Crippen molar-refractivity contribution in [2.75, 3.05) is 0 Å². The first kappa shape index (κ1) is 14.8. The Morgan fingerprint density at radius 3 is 2.60 bits per heavy atom. The zero-order valence-electron chi connectivity index (χ0n) is 11.4. The summed E-state index contributed by atoms with van der Waals surface area (Å²) in [5.74, 6) is 0.749. The molecule has 1 saturated carbocycles. The van der Waals surface area contributed by atoms with Gasteiger partial charge in [0.2, 0.25) is 0 Å². The number of carbonyl (C=O) groups is 1. The fraction of sp³-hybridized carbons (Fsp3) is 0.500. The average molecular weight is 297 g/mol. The first-order valence-corrected chi connectivity index (χ1v) is 7.02. The van der Waals surface area contributed by atoms with Crippen LogP contribution in [0.25, 0.3) is 0 Å². The molecule has 1 amide bonds. The highest BCUT2D eigenvalue weighted by atomic mass is 35.5. The Morgan fingerprint density at radius 2 is 2.10 bits per heavy atom. The maximum atomic E-state index is 12.2. The molecule has 1 aliphatic rings. The smallest absolute Gasteiger partial charge is 0.270 e. The van der Waals surface area contributed by atoms with Crippen molar-refractivity contribution in [1.82, 2.24) is 5.32 Å². The lowest BCUT2D eigenvalue weighted by Gasteiger charge is -2.19. The van der Waals surface area contributed by atoms with Crippen LogP contribution < -0.4 is 5.32 Å². The summed E-state index contributed by atoms with van der Waals surface area (Å²) >= 11 is 5.95. The Bertz CT molecular complexity index is 547. The topological polar surface area (TPSA) is 72.2 Å². The number of rotatable bonds is 3. The number of hydrogen-bond donors (Lipinski definition) is 1. The summed E-state index contributed by atoms with van der Waals surface area (Å²) in [7, 11) is 0. The molecule has 2 rings (SSSR count). The van der Waals surface area contributed by atoms with Gasteiger partial charge < -0.3 is 5.32 Å². The number of halogens is 1. The molecule has 1 fully saturated rings. The Hall–Kier alpha value is -1.62. The van der Waals surface area contributed by atoms with Crippen molar-refractivity contribution >= 4 is 23.2 Å². The number of nitrogens with zero attached hydrogens (tertiary/aromatic N) is 1. The summed E-state index contributed by atoms with van der Waals surface area (Å²) in [5, 5.41) is 13.7. The first-order chi connectivity index (χ1) is 9.40. The van der Waals surface area contributed by atoms with E-state index in [1.807, 2.05) is 0 Å². The number of benzene rings is 1. The summed E-state index contributed by atoms with van der Waals surface area (Å²) < 4.78 is 0. The van der Waals surface area contributed by atoms with Crippen LogP contribution in [0.4, 0.5) is 5.69 Å². The van der Waals surface area contributed by atoms with Gasteiger partial charge in [-0.2, -0.15) is 0 Å². The Balaban J connectivity index is 2.12. The molecule has 20 heavy (non-hydrogen) atoms. The Morgan fingerprint density at radius 1 is 1.40 bits per heavy atom. The van der Waals surface area contributed by atoms with Crippen molar-refractivity contribution < 1.29 is 9.72 Å². The van der Waals surface area contributed by atoms with Gasteiger partial charge in [-0.1, -0.05) is 25.4 Å². The van der Waals surface area contributed by atoms with Gasteiger partial charge in [0.1, 0.15) is 0 Å². The number of nitrogens with one attached hydrogen (secondary N) is 1. The highest BCUT2D eigenvalue weighted by molar-refractivity contribution is 6.34. The van der Waals surface area contributed by atoms with E-state index in [0.717, 1.165) is 12.8 Å². The highest BCUT2D eigenvalue weighted by Gasteiger charge is 2.31. The molecule has 6 heteroatoms. The lowest BCUT2D eigenvalue weighted by molar-refractivity contribution is -0.384. The van der Waals surface area contributed by atoms with Gasteiger partial charge in [0.25, 0.3) is 11.6 Å². The molecular weight excluding hydrogens is 280 g/mol. The van der Waals surface area contributed by atoms with E-state index in [1.54, 1.807) is 0 Å². The van der Waals surface area contributed by atoms with Gasteiger partial charge in [-0.15, -0.1) is 0 Å². The van der Waals surface area contributed by atoms with Crippen LogP contribution in [-0.2, 0) is 0 Å². The number of non-ortho nitro benzene ring substituents is 1. The van der Waals surface area contributed by atoms with Crippen molar-refractivity contribution in [3.8, 4) is 0 Å². The maximum absolute atomic E-state index is 12.2. The lowest BCUT2D eigenvalue weighted by atomic mass is 9.97. The van der Waals surface area contributed by atoms with Gasteiger partial charge in [0, 0.05) is 18.2 Å². The van der Waals surface area contributed by atoms with E-state index in [2.05, 4.69) is 19.2 Å². The monoisotopic (exact) mass is 296 g/mol. The minimum absolute atomic E-state index is 0.107. The third-order valence-electron chi connectivity index (χ3n) is 4.19. The molecule has 0 heterocycles. The van der Waals surface area contributed by atoms with Gasteiger partial charge in [-0.25, -0.2) is 0 Å². The Labute approximate surface area is 122 Å². The summed E-state index contributed by atoms with van der Waals surface area (Å²) in [6.45, 7) is 4.30. The zero-order chi connectivity index (χ0) is 14.9. The molecule has 0 aromatic heterocycles. The minimum Gasteiger partial charge on any atom is -0.349 e. The molecular formula is C14H17ClN2O3. The van der Waals surface area contributed by atoms with E-state index in [9.17, 15) is 14.9 Å². The number of carbonyl (C=O) groups excluding carboxylic acids is 1. The van der Waals surface area contributed by atoms with Crippen LogP contribution in [0.1, 0.15) is 37.0 Å². The molecule has 1 aliphatic carbocycles. The van der Waals surface area contributed by atoms with Crippen LogP contribution in [0.15, 0.2) is 18.2 Å². The SMILES string of the molecule is CC1CCC(NC(=O)c2ccc([N+](=O)[O-])cc2Cl)C1C. The van der Waals surface area contributed by atoms with Crippen molar-refractivity contribution in [3.05, 3.63) is 38.9 Å². The maximum Gasteiger partial charge on any atom is 0.270 e. The van der Waals surface area contributed by atoms with Gasteiger partial charge in [-0.05, 0) is 30.7 Å². The van der Waals surface area contributed by atoms with Gasteiger partial charge >= 0.3 is 0 Å². The standard InChI is InChI=1S/C14H17ClN2O3/c1-8-3-6-13(9(8)2)16-14(18)11-5-4-10(17(19)20)7-12(11)15/h4-5,7-9,13H,3,6H2,1-2H3,(H,16,18). The highest BCUT2D eigenvalue weighted by Crippen LogP contribution is 2.31. The summed E-state index contributed by atoms with van der Waals surface area (Å²) in [5.41, 5.74) is 0.165. The molecule has 0 aliphatic heterocycles. The molecule has 3 atom stereocenters. The molecule has 3 unspecified atom stereocenters. The van der Waals surface area contributed by atoms with Crippen LogP contribution in [0.5, 0.6) is 0 Å². The molecule has 1 N–H and O–H groups in total. The predicted octanol–water partition coefficient (Wildman–Crippen LogP) is 3.41. The van der Waals surface area contributed by atoms with E-state index in [1.165, 1.54) is 18.2 Å². The van der Waals surface area contributed by atoms with Gasteiger partial charge in [0.15, 0.2) is 0 Å². The summed E-state index contributed by atoms with van der Waals surface area (Å²) in [6.07, 6.45) is 2.05. The van der Waals surface area contributed by atoms with Crippen LogP contribution in [0.3, 0.4) is 0 Å². The predicted molar refractivity (Wildman–Crippen MR) is 76.9 cm³/mol. The molecule has 0 saturated heterocycles. The van der Waals surface area contributed by atoms with Crippen molar-refractivity contribution in [3.63, 3.8) is 0 Å². The van der Waals surface area contributed by atoms with Crippen LogP contribution in [-0.4, -0.2) is 16.9 Å². The van der Waals surface area contributed by atoms with Crippen molar-refractivity contribution in [2.45, 2.75) is 32.7 Å². The largest absolute Gasteiger partial charge is 0.349 e. The third kappa shape index (κ3) is 2.93. The second kappa shape index (κ2) is 5.79. The van der Waals surface area contributed by atoms with E-state index < -0.39 is 4.92 Å². The van der Waals surface area contributed by atoms with E-state index in [-0.39, 0.29) is 28.2 Å². The molecule has 1 aromatic carbocycles. The van der Waals surface area contributed by atoms with E-state index >= 15 is 0 Å². The zero-order valence-corrected chi connectivity index (χ0v) is 12.2. The molecule has 1 aromatic rings. The second-order valence-electron chi connectivity index (χ2n) is 5.41. The number of nitro groups is 1. The number of amides is 1. The van der Waals surface area contributed by atoms with Crippen LogP contribution in [0, 0.1) is 22.0 Å². The number of hydrogen-bond acceptors (Lipinski definition) is 3. The quantitative estimate of drug-likeness (QED) is 0.686. The second-order valence-corrected chi connectivity index (χ2v) is 5.82. The molecule has 0 radical (unpaired) electrons. The lowest BCUT2D eigenvalue weighted by Crippen LogP contribution is -2.37. The van der Waals surface area contributed by atoms with Crippen LogP contribution >= 0.6 is 11.6 Å². The van der Waals surface area contributed by atoms with E-state index in [0.29, 0.717) is 11.8 Å². The molecule has 0 spiro atoms. The van der Waals surface area contributed by atoms with Gasteiger partial charge in [0.05, 0.1) is 15.5 Å². The third-order valence-corrected chi connectivity index (χ3v) is 4.50. The summed E-state index contributed by atoms with van der Waals surface area (Å²) in [4.78, 5) is 22.3. The average Bonchev–Trinajstić information content (AvgIpc) is 2.70. The van der Waals surface area contributed by atoms with E-state index in [4.69, 9.17) is 11.6 Å². The van der Waals surface area contributed by atoms with Crippen molar-refractivity contribution in [1.29, 1.82) is 0 Å². The normalized spacial score (nSPS) is 25.4. The fourth-order valence-electron chi connectivity index (χ4n) is 2.62. The van der Waals surface area contributed by atoms with Crippen LogP contribution in [0.2, 0.25) is 5.02 Å². The number of nitro benzene ring substituents is 1. The fourth-order valence-corrected chi connectivity index (χ4v) is 2.88.